The molecular formula is C13H18N2O4. The molecule has 1 aliphatic heterocycles. The number of rotatable bonds is 3. The Balaban J connectivity index is 2.02. The standard InChI is InChI=1S/C13H18N2O4/c1-15(9-13(18)4-6-19-7-5-13)12(17)10-2-3-11(16)14-8-10/h2-3,8,18H,4-7,9H2,1H3,(H,14,16). The second kappa shape index (κ2) is 5.54. The lowest BCUT2D eigenvalue weighted by Crippen LogP contribution is -2.47. The normalized spacial score (nSPS) is 18.0. The van der Waals surface area contributed by atoms with E-state index in [1.165, 1.54) is 23.2 Å². The largest absolute Gasteiger partial charge is 0.388 e. The summed E-state index contributed by atoms with van der Waals surface area (Å²) in [5.74, 6) is -0.226. The van der Waals surface area contributed by atoms with Crippen molar-refractivity contribution >= 4 is 5.91 Å². The molecule has 1 saturated heterocycles. The molecule has 1 aromatic heterocycles. The van der Waals surface area contributed by atoms with E-state index in [4.69, 9.17) is 4.74 Å². The molecule has 0 aromatic carbocycles. The van der Waals surface area contributed by atoms with Gasteiger partial charge in [-0.3, -0.25) is 9.59 Å². The van der Waals surface area contributed by atoms with Gasteiger partial charge < -0.3 is 19.7 Å². The van der Waals surface area contributed by atoms with Gasteiger partial charge in [-0.05, 0) is 6.07 Å². The minimum Gasteiger partial charge on any atom is -0.388 e. The molecule has 0 bridgehead atoms. The molecule has 2 N–H and O–H groups in total. The van der Waals surface area contributed by atoms with Crippen molar-refractivity contribution in [3.63, 3.8) is 0 Å². The van der Waals surface area contributed by atoms with Gasteiger partial charge in [0.15, 0.2) is 0 Å². The van der Waals surface area contributed by atoms with Crippen LogP contribution in [-0.2, 0) is 4.74 Å². The zero-order valence-corrected chi connectivity index (χ0v) is 10.9. The van der Waals surface area contributed by atoms with Crippen LogP contribution in [0.1, 0.15) is 23.2 Å². The van der Waals surface area contributed by atoms with Gasteiger partial charge in [0.1, 0.15) is 0 Å². The topological polar surface area (TPSA) is 82.6 Å². The summed E-state index contributed by atoms with van der Waals surface area (Å²) >= 11 is 0. The molecule has 0 spiro atoms. The highest BCUT2D eigenvalue weighted by Gasteiger charge is 2.32. The second-order valence-corrected chi connectivity index (χ2v) is 4.94. The molecule has 1 fully saturated rings. The number of hydrogen-bond donors (Lipinski definition) is 2. The van der Waals surface area contributed by atoms with Crippen molar-refractivity contribution in [2.75, 3.05) is 26.8 Å². The molecule has 1 aromatic rings. The Morgan fingerprint density at radius 2 is 2.16 bits per heavy atom. The van der Waals surface area contributed by atoms with Crippen molar-refractivity contribution < 1.29 is 14.6 Å². The molecule has 2 heterocycles. The molecular weight excluding hydrogens is 248 g/mol. The van der Waals surface area contributed by atoms with Gasteiger partial charge in [-0.25, -0.2) is 0 Å². The Morgan fingerprint density at radius 3 is 2.74 bits per heavy atom. The number of aromatic amines is 1. The van der Waals surface area contributed by atoms with E-state index in [1.807, 2.05) is 0 Å². The number of likely N-dealkylation sites (N-methyl/N-ethyl adjacent to an activating group) is 1. The molecule has 19 heavy (non-hydrogen) atoms. The van der Waals surface area contributed by atoms with E-state index in [9.17, 15) is 14.7 Å². The highest BCUT2D eigenvalue weighted by atomic mass is 16.5. The van der Waals surface area contributed by atoms with Crippen molar-refractivity contribution in [1.29, 1.82) is 0 Å². The van der Waals surface area contributed by atoms with Gasteiger partial charge in [-0.1, -0.05) is 0 Å². The molecule has 0 atom stereocenters. The van der Waals surface area contributed by atoms with Crippen molar-refractivity contribution in [3.8, 4) is 0 Å². The van der Waals surface area contributed by atoms with Crippen LogP contribution in [0.2, 0.25) is 0 Å². The van der Waals surface area contributed by atoms with Gasteiger partial charge >= 0.3 is 0 Å². The predicted molar refractivity (Wildman–Crippen MR) is 69.0 cm³/mol. The first-order valence-electron chi connectivity index (χ1n) is 6.24. The van der Waals surface area contributed by atoms with Crippen LogP contribution >= 0.6 is 0 Å². The fraction of sp³-hybridized carbons (Fsp3) is 0.538. The van der Waals surface area contributed by atoms with E-state index in [0.717, 1.165) is 0 Å². The maximum atomic E-state index is 12.1. The van der Waals surface area contributed by atoms with Crippen LogP contribution < -0.4 is 5.56 Å². The third-order valence-electron chi connectivity index (χ3n) is 3.33. The fourth-order valence-electron chi connectivity index (χ4n) is 2.19. The molecule has 6 heteroatoms. The summed E-state index contributed by atoms with van der Waals surface area (Å²) in [7, 11) is 1.64. The number of aliphatic hydroxyl groups is 1. The monoisotopic (exact) mass is 266 g/mol. The van der Waals surface area contributed by atoms with E-state index in [2.05, 4.69) is 4.98 Å². The number of aromatic nitrogens is 1. The number of nitrogens with one attached hydrogen (secondary N) is 1. The van der Waals surface area contributed by atoms with Gasteiger partial charge in [-0.15, -0.1) is 0 Å². The fourth-order valence-corrected chi connectivity index (χ4v) is 2.19. The number of carbonyl (C=O) groups excluding carboxylic acids is 1. The molecule has 0 aliphatic carbocycles. The summed E-state index contributed by atoms with van der Waals surface area (Å²) in [4.78, 5) is 27.0. The highest BCUT2D eigenvalue weighted by Crippen LogP contribution is 2.21. The molecule has 6 nitrogen and oxygen atoms in total. The summed E-state index contributed by atoms with van der Waals surface area (Å²) in [6.07, 6.45) is 2.43. The summed E-state index contributed by atoms with van der Waals surface area (Å²) in [6, 6.07) is 2.79. The zero-order valence-electron chi connectivity index (χ0n) is 10.9. The van der Waals surface area contributed by atoms with E-state index in [1.54, 1.807) is 7.05 Å². The number of H-pyrrole nitrogens is 1. The molecule has 0 saturated carbocycles. The van der Waals surface area contributed by atoms with Crippen LogP contribution in [0.3, 0.4) is 0 Å². The van der Waals surface area contributed by atoms with Crippen LogP contribution in [0.4, 0.5) is 0 Å². The first-order valence-corrected chi connectivity index (χ1v) is 6.24. The Hall–Kier alpha value is -1.66. The minimum atomic E-state index is -0.884. The summed E-state index contributed by atoms with van der Waals surface area (Å²) in [5, 5.41) is 10.3. The number of pyridine rings is 1. The molecule has 0 radical (unpaired) electrons. The average molecular weight is 266 g/mol. The Bertz CT molecular complexity index is 485. The van der Waals surface area contributed by atoms with Crippen LogP contribution in [0, 0.1) is 0 Å². The van der Waals surface area contributed by atoms with Crippen molar-refractivity contribution in [1.82, 2.24) is 9.88 Å². The predicted octanol–water partition coefficient (Wildman–Crippen LogP) is -0.0116. The van der Waals surface area contributed by atoms with Crippen LogP contribution in [0.25, 0.3) is 0 Å². The average Bonchev–Trinajstić information content (AvgIpc) is 2.39. The molecule has 2 rings (SSSR count). The van der Waals surface area contributed by atoms with Gasteiger partial charge in [0.25, 0.3) is 5.91 Å². The van der Waals surface area contributed by atoms with Crippen LogP contribution in [-0.4, -0.2) is 53.3 Å². The maximum absolute atomic E-state index is 12.1. The maximum Gasteiger partial charge on any atom is 0.255 e. The van der Waals surface area contributed by atoms with E-state index in [0.29, 0.717) is 31.6 Å². The van der Waals surface area contributed by atoms with Crippen molar-refractivity contribution in [3.05, 3.63) is 34.2 Å². The zero-order chi connectivity index (χ0) is 13.9. The van der Waals surface area contributed by atoms with Crippen LogP contribution in [0.15, 0.2) is 23.1 Å². The van der Waals surface area contributed by atoms with E-state index >= 15 is 0 Å². The van der Waals surface area contributed by atoms with Gasteiger partial charge in [0.05, 0.1) is 11.2 Å². The Morgan fingerprint density at radius 1 is 1.47 bits per heavy atom. The van der Waals surface area contributed by atoms with Gasteiger partial charge in [0.2, 0.25) is 5.56 Å². The lowest BCUT2D eigenvalue weighted by atomic mass is 9.94. The molecule has 1 aliphatic rings. The Kier molecular flexibility index (Phi) is 4.01. The summed E-state index contributed by atoms with van der Waals surface area (Å²) < 4.78 is 5.20. The minimum absolute atomic E-state index is 0.226. The molecule has 0 unspecified atom stereocenters. The molecule has 104 valence electrons. The first-order chi connectivity index (χ1) is 9.00. The SMILES string of the molecule is CN(CC1(O)CCOCC1)C(=O)c1ccc(=O)[nH]c1. The summed E-state index contributed by atoms with van der Waals surface area (Å²) in [5.41, 5.74) is -0.731. The lowest BCUT2D eigenvalue weighted by Gasteiger charge is -2.35. The van der Waals surface area contributed by atoms with Crippen LogP contribution in [0.5, 0.6) is 0 Å². The van der Waals surface area contributed by atoms with E-state index < -0.39 is 5.60 Å². The lowest BCUT2D eigenvalue weighted by molar-refractivity contribution is -0.0734. The number of amides is 1. The quantitative estimate of drug-likeness (QED) is 0.806. The number of carbonyl (C=O) groups is 1. The second-order valence-electron chi connectivity index (χ2n) is 4.94. The number of hydrogen-bond acceptors (Lipinski definition) is 4. The van der Waals surface area contributed by atoms with Crippen molar-refractivity contribution in [2.45, 2.75) is 18.4 Å². The number of nitrogens with zero attached hydrogens (tertiary/aromatic N) is 1. The molecule has 1 amide bonds. The van der Waals surface area contributed by atoms with Gasteiger partial charge in [0, 0.05) is 51.9 Å². The Labute approximate surface area is 111 Å². The number of ether oxygens (including phenoxy) is 1. The van der Waals surface area contributed by atoms with E-state index in [-0.39, 0.29) is 18.0 Å². The first kappa shape index (κ1) is 13.8. The third-order valence-corrected chi connectivity index (χ3v) is 3.33. The third kappa shape index (κ3) is 3.42. The van der Waals surface area contributed by atoms with Crippen molar-refractivity contribution in [2.24, 2.45) is 0 Å². The van der Waals surface area contributed by atoms with Gasteiger partial charge in [-0.2, -0.15) is 0 Å². The highest BCUT2D eigenvalue weighted by molar-refractivity contribution is 5.93. The smallest absolute Gasteiger partial charge is 0.255 e. The summed E-state index contributed by atoms with van der Waals surface area (Å²) in [6.45, 7) is 1.28.